The van der Waals surface area contributed by atoms with Crippen LogP contribution in [0.25, 0.3) is 10.2 Å². The van der Waals surface area contributed by atoms with Gasteiger partial charge in [-0.2, -0.15) is 0 Å². The van der Waals surface area contributed by atoms with Gasteiger partial charge in [-0.3, -0.25) is 4.79 Å². The van der Waals surface area contributed by atoms with Gasteiger partial charge in [0.05, 0.1) is 20.1 Å². The maximum Gasteiger partial charge on any atom is 0.211 e. The molecule has 0 spiro atoms. The molecular weight excluding hydrogens is 426 g/mol. The summed E-state index contributed by atoms with van der Waals surface area (Å²) < 4.78 is 15.3. The Hall–Kier alpha value is -2.87. The molecule has 0 fully saturated rings. The third kappa shape index (κ3) is 6.55. The van der Waals surface area contributed by atoms with Gasteiger partial charge >= 0.3 is 0 Å². The zero-order valence-corrected chi connectivity index (χ0v) is 19.4. The van der Waals surface area contributed by atoms with Crippen molar-refractivity contribution in [1.29, 1.82) is 0 Å². The molecule has 4 rings (SSSR count). The van der Waals surface area contributed by atoms with Crippen LogP contribution in [0.15, 0.2) is 77.7 Å². The fourth-order valence-electron chi connectivity index (χ4n) is 2.93. The number of thiazole rings is 1. The van der Waals surface area contributed by atoms with Crippen LogP contribution < -0.4 is 5.32 Å². The Balaban J connectivity index is 0.000000185. The average molecular weight is 452 g/mol. The van der Waals surface area contributed by atoms with Crippen LogP contribution in [-0.2, 0) is 22.3 Å². The van der Waals surface area contributed by atoms with Crippen LogP contribution in [0.1, 0.15) is 16.1 Å². The van der Waals surface area contributed by atoms with Gasteiger partial charge < -0.3 is 5.32 Å². The first-order valence-electron chi connectivity index (χ1n) is 9.77. The van der Waals surface area contributed by atoms with E-state index in [-0.39, 0.29) is 0 Å². The Labute approximate surface area is 189 Å². The molecule has 0 aliphatic carbocycles. The second kappa shape index (κ2) is 10.9. The topological polar surface area (TPSA) is 62.3 Å². The van der Waals surface area contributed by atoms with Gasteiger partial charge in [-0.25, -0.2) is 13.5 Å². The van der Waals surface area contributed by atoms with Crippen LogP contribution in [0.5, 0.6) is 0 Å². The number of aromatic nitrogens is 1. The number of aryl methyl sites for hydroxylation is 2. The number of anilines is 1. The first kappa shape index (κ1) is 22.8. The highest BCUT2D eigenvalue weighted by Gasteiger charge is 2.10. The van der Waals surface area contributed by atoms with Crippen LogP contribution in [0.4, 0.5) is 5.69 Å². The van der Waals surface area contributed by atoms with E-state index < -0.39 is 11.0 Å². The van der Waals surface area contributed by atoms with Crippen molar-refractivity contribution < 1.29 is 9.00 Å². The monoisotopic (exact) mass is 451 g/mol. The third-order valence-electron chi connectivity index (χ3n) is 4.47. The average Bonchev–Trinajstić information content (AvgIpc) is 3.14. The molecule has 0 saturated heterocycles. The molecule has 31 heavy (non-hydrogen) atoms. The van der Waals surface area contributed by atoms with Gasteiger partial charge in [0.1, 0.15) is 11.0 Å². The molecule has 1 atom stereocenters. The highest BCUT2D eigenvalue weighted by atomic mass is 32.2. The highest BCUT2D eigenvalue weighted by Crippen LogP contribution is 2.24. The smallest absolute Gasteiger partial charge is 0.211 e. The van der Waals surface area contributed by atoms with E-state index >= 15 is 0 Å². The number of carbonyl (C=O) groups is 1. The van der Waals surface area contributed by atoms with E-state index in [0.717, 1.165) is 25.8 Å². The molecule has 4 aromatic rings. The van der Waals surface area contributed by atoms with Gasteiger partial charge in [-0.05, 0) is 49.7 Å². The summed E-state index contributed by atoms with van der Waals surface area (Å²) in [5.41, 5.74) is 4.07. The van der Waals surface area contributed by atoms with Crippen molar-refractivity contribution in [2.24, 2.45) is 0 Å². The quantitative estimate of drug-likeness (QED) is 0.404. The molecule has 0 bridgehead atoms. The number of carbonyl (C=O) groups excluding carboxylic acids is 1. The molecule has 160 valence electrons. The predicted octanol–water partition coefficient (Wildman–Crippen LogP) is 5.32. The van der Waals surface area contributed by atoms with Crippen LogP contribution >= 0.6 is 11.3 Å². The number of nitrogens with zero attached hydrogens (tertiary/aromatic N) is 2. The molecule has 7 heteroatoms. The summed E-state index contributed by atoms with van der Waals surface area (Å²) in [5.74, 6) is 0. The lowest BCUT2D eigenvalue weighted by Crippen LogP contribution is -2.20. The number of benzene rings is 3. The summed E-state index contributed by atoms with van der Waals surface area (Å²) in [6.07, 6.45) is 0.667. The second-order valence-corrected chi connectivity index (χ2v) is 9.84. The van der Waals surface area contributed by atoms with Crippen LogP contribution in [-0.4, -0.2) is 27.0 Å². The Kier molecular flexibility index (Phi) is 8.06. The first-order valence-corrected chi connectivity index (χ1v) is 11.7. The molecule has 1 heterocycles. The van der Waals surface area contributed by atoms with Crippen molar-refractivity contribution >= 4 is 44.6 Å². The minimum absolute atomic E-state index is 0.667. The lowest BCUT2D eigenvalue weighted by Gasteiger charge is -2.15. The highest BCUT2D eigenvalue weighted by molar-refractivity contribution is 7.82. The summed E-state index contributed by atoms with van der Waals surface area (Å²) in [5, 5.41) is 3.63. The molecule has 0 radical (unpaired) electrons. The number of fused-ring (bicyclic) bond motifs is 1. The number of rotatable bonds is 6. The number of hydrogen-bond acceptors (Lipinski definition) is 4. The molecule has 1 amide bonds. The third-order valence-corrected chi connectivity index (χ3v) is 6.80. The molecule has 1 N–H and O–H groups in total. The lowest BCUT2D eigenvalue weighted by atomic mass is 10.2. The standard InChI is InChI=1S/C15H17NOS.C9H8N2OS/c1-13-8-10-15(11-9-13)18(17)16(2)12-14-6-4-3-5-7-14;1-6-11-8-4-7(10-5-12)2-3-9(8)13-6/h3-11H,12H2,1-2H3;2-5H,1H3,(H,10,12). The number of nitrogens with one attached hydrogen (secondary N) is 1. The maximum atomic E-state index is 12.3. The Morgan fingerprint density at radius 2 is 1.74 bits per heavy atom. The summed E-state index contributed by atoms with van der Waals surface area (Å²) >= 11 is 1.65. The number of hydrogen-bond donors (Lipinski definition) is 1. The second-order valence-electron chi connectivity index (χ2n) is 7.01. The van der Waals surface area contributed by atoms with Gasteiger partial charge in [-0.1, -0.05) is 48.0 Å². The van der Waals surface area contributed by atoms with Crippen molar-refractivity contribution in [2.45, 2.75) is 25.3 Å². The zero-order valence-electron chi connectivity index (χ0n) is 17.7. The van der Waals surface area contributed by atoms with Gasteiger partial charge in [0.2, 0.25) is 6.41 Å². The predicted molar refractivity (Wildman–Crippen MR) is 130 cm³/mol. The van der Waals surface area contributed by atoms with Gasteiger partial charge in [0.25, 0.3) is 0 Å². The van der Waals surface area contributed by atoms with Crippen LogP contribution in [0.2, 0.25) is 0 Å². The molecule has 0 saturated carbocycles. The summed E-state index contributed by atoms with van der Waals surface area (Å²) in [4.78, 5) is 15.4. The van der Waals surface area contributed by atoms with E-state index in [2.05, 4.69) is 10.3 Å². The van der Waals surface area contributed by atoms with Crippen LogP contribution in [0, 0.1) is 13.8 Å². The fraction of sp³-hybridized carbons (Fsp3) is 0.167. The van der Waals surface area contributed by atoms with Crippen molar-refractivity contribution in [2.75, 3.05) is 12.4 Å². The molecule has 0 aliphatic rings. The minimum atomic E-state index is -1.10. The normalized spacial score (nSPS) is 11.6. The Morgan fingerprint density at radius 1 is 1.03 bits per heavy atom. The van der Waals surface area contributed by atoms with Crippen molar-refractivity contribution in [3.63, 3.8) is 0 Å². The summed E-state index contributed by atoms with van der Waals surface area (Å²) in [6.45, 7) is 4.68. The Bertz CT molecular complexity index is 1160. The molecular formula is C24H25N3O2S2. The van der Waals surface area contributed by atoms with Gasteiger partial charge in [0.15, 0.2) is 0 Å². The summed E-state index contributed by atoms with van der Waals surface area (Å²) in [7, 11) is 0.774. The van der Waals surface area contributed by atoms with Crippen LogP contribution in [0.3, 0.4) is 0 Å². The van der Waals surface area contributed by atoms with E-state index in [1.165, 1.54) is 11.1 Å². The van der Waals surface area contributed by atoms with E-state index in [9.17, 15) is 9.00 Å². The van der Waals surface area contributed by atoms with E-state index in [0.29, 0.717) is 13.0 Å². The fourth-order valence-corrected chi connectivity index (χ4v) is 4.74. The lowest BCUT2D eigenvalue weighted by molar-refractivity contribution is -0.105. The Morgan fingerprint density at radius 3 is 2.42 bits per heavy atom. The number of amides is 1. The van der Waals surface area contributed by atoms with Crippen molar-refractivity contribution in [3.8, 4) is 0 Å². The first-order chi connectivity index (χ1) is 15.0. The van der Waals surface area contributed by atoms with Crippen molar-refractivity contribution in [3.05, 3.63) is 88.9 Å². The van der Waals surface area contributed by atoms with Crippen molar-refractivity contribution in [1.82, 2.24) is 9.29 Å². The molecule has 1 aromatic heterocycles. The zero-order chi connectivity index (χ0) is 22.2. The largest absolute Gasteiger partial charge is 0.329 e. The molecule has 3 aromatic carbocycles. The summed E-state index contributed by atoms with van der Waals surface area (Å²) in [6, 6.07) is 23.6. The minimum Gasteiger partial charge on any atom is -0.329 e. The maximum absolute atomic E-state index is 12.3. The van der Waals surface area contributed by atoms with Gasteiger partial charge in [-0.15, -0.1) is 11.3 Å². The molecule has 5 nitrogen and oxygen atoms in total. The van der Waals surface area contributed by atoms with E-state index in [1.54, 1.807) is 11.3 Å². The van der Waals surface area contributed by atoms with Gasteiger partial charge in [0, 0.05) is 19.3 Å². The SMILES string of the molecule is Cc1ccc(S(=O)N(C)Cc2ccccc2)cc1.Cc1nc2cc(NC=O)ccc2s1. The molecule has 1 unspecified atom stereocenters. The molecule has 0 aliphatic heterocycles. The van der Waals surface area contributed by atoms with E-state index in [1.807, 2.05) is 98.0 Å². The van der Waals surface area contributed by atoms with E-state index in [4.69, 9.17) is 0 Å².